The van der Waals surface area contributed by atoms with Crippen LogP contribution < -0.4 is 5.32 Å². The molecule has 2 nitrogen and oxygen atoms in total. The molecule has 106 valence electrons. The van der Waals surface area contributed by atoms with E-state index in [1.807, 2.05) is 0 Å². The SMILES string of the molecule is CCCNC1CCCCC1N1CCCCCCC1. The van der Waals surface area contributed by atoms with Crippen molar-refractivity contribution in [3.8, 4) is 0 Å². The Morgan fingerprint density at radius 2 is 1.56 bits per heavy atom. The van der Waals surface area contributed by atoms with E-state index in [-0.39, 0.29) is 0 Å². The van der Waals surface area contributed by atoms with Gasteiger partial charge >= 0.3 is 0 Å². The molecule has 2 rings (SSSR count). The van der Waals surface area contributed by atoms with E-state index in [9.17, 15) is 0 Å². The molecule has 1 aliphatic heterocycles. The Hall–Kier alpha value is -0.0800. The fraction of sp³-hybridized carbons (Fsp3) is 1.00. The van der Waals surface area contributed by atoms with Crippen molar-refractivity contribution in [2.24, 2.45) is 0 Å². The smallest absolute Gasteiger partial charge is 0.0249 e. The highest BCUT2D eigenvalue weighted by molar-refractivity contribution is 4.88. The van der Waals surface area contributed by atoms with Crippen LogP contribution in [0.1, 0.15) is 71.1 Å². The standard InChI is InChI=1S/C16H32N2/c1-2-12-17-15-10-6-7-11-16(15)18-13-8-4-3-5-9-14-18/h15-17H,2-14H2,1H3. The largest absolute Gasteiger partial charge is 0.312 e. The van der Waals surface area contributed by atoms with Crippen molar-refractivity contribution in [2.75, 3.05) is 19.6 Å². The zero-order valence-electron chi connectivity index (χ0n) is 12.3. The second-order valence-corrected chi connectivity index (χ2v) is 6.22. The van der Waals surface area contributed by atoms with E-state index in [1.54, 1.807) is 0 Å². The van der Waals surface area contributed by atoms with Crippen LogP contribution in [0.15, 0.2) is 0 Å². The van der Waals surface area contributed by atoms with E-state index in [2.05, 4.69) is 17.1 Å². The van der Waals surface area contributed by atoms with Gasteiger partial charge in [0.05, 0.1) is 0 Å². The lowest BCUT2D eigenvalue weighted by molar-refractivity contribution is 0.112. The quantitative estimate of drug-likeness (QED) is 0.823. The molecule has 0 radical (unpaired) electrons. The maximum Gasteiger partial charge on any atom is 0.0249 e. The van der Waals surface area contributed by atoms with Crippen molar-refractivity contribution in [1.29, 1.82) is 0 Å². The Morgan fingerprint density at radius 3 is 2.28 bits per heavy atom. The molecule has 0 amide bonds. The third kappa shape index (κ3) is 4.24. The first-order chi connectivity index (χ1) is 8.92. The average molecular weight is 252 g/mol. The summed E-state index contributed by atoms with van der Waals surface area (Å²) in [4.78, 5) is 2.83. The Kier molecular flexibility index (Phi) is 6.50. The topological polar surface area (TPSA) is 15.3 Å². The summed E-state index contributed by atoms with van der Waals surface area (Å²) in [7, 11) is 0. The van der Waals surface area contributed by atoms with Crippen LogP contribution in [0.25, 0.3) is 0 Å². The summed E-state index contributed by atoms with van der Waals surface area (Å²) in [6, 6.07) is 1.61. The van der Waals surface area contributed by atoms with Crippen molar-refractivity contribution in [2.45, 2.75) is 83.2 Å². The van der Waals surface area contributed by atoms with Gasteiger partial charge in [-0.3, -0.25) is 4.90 Å². The molecule has 2 fully saturated rings. The first-order valence-corrected chi connectivity index (χ1v) is 8.39. The van der Waals surface area contributed by atoms with Gasteiger partial charge in [0.25, 0.3) is 0 Å². The minimum absolute atomic E-state index is 0.776. The Balaban J connectivity index is 1.88. The van der Waals surface area contributed by atoms with Crippen LogP contribution in [-0.4, -0.2) is 36.6 Å². The van der Waals surface area contributed by atoms with Crippen LogP contribution in [0.4, 0.5) is 0 Å². The van der Waals surface area contributed by atoms with Crippen molar-refractivity contribution < 1.29 is 0 Å². The molecule has 0 aromatic carbocycles. The first kappa shape index (κ1) is 14.3. The van der Waals surface area contributed by atoms with Gasteiger partial charge in [-0.15, -0.1) is 0 Å². The molecule has 0 aromatic heterocycles. The predicted octanol–water partition coefficient (Wildman–Crippen LogP) is 3.56. The van der Waals surface area contributed by atoms with Crippen molar-refractivity contribution in [3.63, 3.8) is 0 Å². The summed E-state index contributed by atoms with van der Waals surface area (Å²) < 4.78 is 0. The van der Waals surface area contributed by atoms with Gasteiger partial charge in [-0.1, -0.05) is 39.0 Å². The normalized spacial score (nSPS) is 31.8. The summed E-state index contributed by atoms with van der Waals surface area (Å²) in [6.07, 6.45) is 14.2. The number of hydrogen-bond donors (Lipinski definition) is 1. The molecule has 1 N–H and O–H groups in total. The maximum atomic E-state index is 3.81. The van der Waals surface area contributed by atoms with Crippen LogP contribution in [0.3, 0.4) is 0 Å². The van der Waals surface area contributed by atoms with E-state index in [0.717, 1.165) is 12.1 Å². The minimum Gasteiger partial charge on any atom is -0.312 e. The molecule has 1 saturated carbocycles. The zero-order valence-corrected chi connectivity index (χ0v) is 12.3. The van der Waals surface area contributed by atoms with Crippen molar-refractivity contribution in [3.05, 3.63) is 0 Å². The highest BCUT2D eigenvalue weighted by Gasteiger charge is 2.29. The lowest BCUT2D eigenvalue weighted by Crippen LogP contribution is -2.52. The summed E-state index contributed by atoms with van der Waals surface area (Å²) in [5.41, 5.74) is 0. The van der Waals surface area contributed by atoms with E-state index < -0.39 is 0 Å². The maximum absolute atomic E-state index is 3.81. The molecular weight excluding hydrogens is 220 g/mol. The second kappa shape index (κ2) is 8.16. The molecule has 1 aliphatic carbocycles. The summed E-state index contributed by atoms with van der Waals surface area (Å²) >= 11 is 0. The predicted molar refractivity (Wildman–Crippen MR) is 79.0 cm³/mol. The lowest BCUT2D eigenvalue weighted by atomic mass is 9.88. The van der Waals surface area contributed by atoms with Gasteiger partial charge in [0, 0.05) is 12.1 Å². The van der Waals surface area contributed by atoms with Gasteiger partial charge < -0.3 is 5.32 Å². The van der Waals surface area contributed by atoms with Crippen molar-refractivity contribution >= 4 is 0 Å². The van der Waals surface area contributed by atoms with Gasteiger partial charge in [0.1, 0.15) is 0 Å². The Labute approximate surface area is 114 Å². The van der Waals surface area contributed by atoms with E-state index >= 15 is 0 Å². The number of nitrogens with zero attached hydrogens (tertiary/aromatic N) is 1. The molecule has 1 saturated heterocycles. The molecular formula is C16H32N2. The number of likely N-dealkylation sites (tertiary alicyclic amines) is 1. The molecule has 0 aromatic rings. The second-order valence-electron chi connectivity index (χ2n) is 6.22. The molecule has 0 spiro atoms. The highest BCUT2D eigenvalue weighted by Crippen LogP contribution is 2.25. The fourth-order valence-electron chi connectivity index (χ4n) is 3.72. The molecule has 2 atom stereocenters. The molecule has 18 heavy (non-hydrogen) atoms. The third-order valence-corrected chi connectivity index (χ3v) is 4.75. The van der Waals surface area contributed by atoms with Gasteiger partial charge in [-0.05, 0) is 51.7 Å². The molecule has 2 aliphatic rings. The summed E-state index contributed by atoms with van der Waals surface area (Å²) in [5, 5.41) is 3.81. The van der Waals surface area contributed by atoms with E-state index in [4.69, 9.17) is 0 Å². The van der Waals surface area contributed by atoms with E-state index in [0.29, 0.717) is 0 Å². The van der Waals surface area contributed by atoms with Crippen LogP contribution in [-0.2, 0) is 0 Å². The lowest BCUT2D eigenvalue weighted by Gasteiger charge is -2.41. The monoisotopic (exact) mass is 252 g/mol. The molecule has 2 heteroatoms. The number of nitrogens with one attached hydrogen (secondary N) is 1. The van der Waals surface area contributed by atoms with Crippen LogP contribution in [0.5, 0.6) is 0 Å². The van der Waals surface area contributed by atoms with Gasteiger partial charge in [0.15, 0.2) is 0 Å². The molecule has 2 unspecified atom stereocenters. The molecule has 0 bridgehead atoms. The van der Waals surface area contributed by atoms with Gasteiger partial charge in [-0.2, -0.15) is 0 Å². The summed E-state index contributed by atoms with van der Waals surface area (Å²) in [5.74, 6) is 0. The van der Waals surface area contributed by atoms with Crippen LogP contribution >= 0.6 is 0 Å². The van der Waals surface area contributed by atoms with Gasteiger partial charge in [0.2, 0.25) is 0 Å². The van der Waals surface area contributed by atoms with Gasteiger partial charge in [-0.25, -0.2) is 0 Å². The summed E-state index contributed by atoms with van der Waals surface area (Å²) in [6.45, 7) is 6.19. The van der Waals surface area contributed by atoms with E-state index in [1.165, 1.54) is 83.8 Å². The minimum atomic E-state index is 0.776. The van der Waals surface area contributed by atoms with Crippen LogP contribution in [0.2, 0.25) is 0 Å². The third-order valence-electron chi connectivity index (χ3n) is 4.75. The highest BCUT2D eigenvalue weighted by atomic mass is 15.2. The average Bonchev–Trinajstić information content (AvgIpc) is 2.37. The van der Waals surface area contributed by atoms with Crippen molar-refractivity contribution in [1.82, 2.24) is 10.2 Å². The Bertz CT molecular complexity index is 209. The first-order valence-electron chi connectivity index (χ1n) is 8.39. The Morgan fingerprint density at radius 1 is 0.889 bits per heavy atom. The number of hydrogen-bond acceptors (Lipinski definition) is 2. The zero-order chi connectivity index (χ0) is 12.6. The number of rotatable bonds is 4. The fourth-order valence-corrected chi connectivity index (χ4v) is 3.72. The van der Waals surface area contributed by atoms with Crippen LogP contribution in [0, 0.1) is 0 Å². The molecule has 1 heterocycles.